The zero-order valence-corrected chi connectivity index (χ0v) is 23.3. The number of carbonyl (C=O) groups excluding carboxylic acids is 2. The number of nitrogens with one attached hydrogen (secondary N) is 1. The van der Waals surface area contributed by atoms with Crippen LogP contribution in [0.15, 0.2) is 71.7 Å². The molecule has 9 nitrogen and oxygen atoms in total. The molecule has 2 N–H and O–H groups in total. The summed E-state index contributed by atoms with van der Waals surface area (Å²) in [6, 6.07) is 17.0. The number of pyridine rings is 2. The van der Waals surface area contributed by atoms with Crippen LogP contribution in [0.25, 0.3) is 11.0 Å². The molecule has 214 valence electrons. The molecule has 0 saturated carbocycles. The summed E-state index contributed by atoms with van der Waals surface area (Å²) in [6.07, 6.45) is 1.37. The summed E-state index contributed by atoms with van der Waals surface area (Å²) in [6.45, 7) is 4.34. The molecule has 2 heterocycles. The van der Waals surface area contributed by atoms with Crippen LogP contribution < -0.4 is 10.9 Å². The molecule has 4 rings (SSSR count). The lowest BCUT2D eigenvalue weighted by Crippen LogP contribution is -2.37. The number of likely N-dealkylation sites (N-methyl/N-ethyl adjacent to an activating group) is 1. The third kappa shape index (κ3) is 7.27. The first-order valence-electron chi connectivity index (χ1n) is 13.3. The molecule has 0 aliphatic carbocycles. The molecule has 2 aromatic carbocycles. The highest BCUT2D eigenvalue weighted by atomic mass is 19.1. The Labute approximate surface area is 237 Å². The van der Waals surface area contributed by atoms with Gasteiger partial charge in [-0.05, 0) is 47.2 Å². The van der Waals surface area contributed by atoms with Gasteiger partial charge in [0.05, 0.1) is 5.52 Å². The van der Waals surface area contributed by atoms with E-state index < -0.39 is 28.9 Å². The van der Waals surface area contributed by atoms with Crippen molar-refractivity contribution in [2.75, 3.05) is 20.1 Å². The SMILES string of the molecule is CC(C)CNC(=O)c1c(O)c2ncc(Cc3ccc(F)cc3)cc2n(CCN(C)C(=O)OCc2ccccc2)c1=O. The van der Waals surface area contributed by atoms with Gasteiger partial charge in [-0.1, -0.05) is 56.3 Å². The molecule has 0 saturated heterocycles. The van der Waals surface area contributed by atoms with Gasteiger partial charge in [0, 0.05) is 32.9 Å². The highest BCUT2D eigenvalue weighted by Crippen LogP contribution is 2.26. The van der Waals surface area contributed by atoms with Crippen molar-refractivity contribution in [3.05, 3.63) is 105 Å². The largest absolute Gasteiger partial charge is 0.505 e. The maximum absolute atomic E-state index is 13.6. The third-order valence-corrected chi connectivity index (χ3v) is 6.53. The van der Waals surface area contributed by atoms with Crippen molar-refractivity contribution in [3.63, 3.8) is 0 Å². The normalized spacial score (nSPS) is 11.0. The summed E-state index contributed by atoms with van der Waals surface area (Å²) >= 11 is 0. The van der Waals surface area contributed by atoms with Gasteiger partial charge >= 0.3 is 6.09 Å². The van der Waals surface area contributed by atoms with Crippen LogP contribution >= 0.6 is 0 Å². The lowest BCUT2D eigenvalue weighted by molar-refractivity contribution is 0.0942. The number of aromatic hydroxyl groups is 1. The van der Waals surface area contributed by atoms with E-state index in [9.17, 15) is 23.9 Å². The Hall–Kier alpha value is -4.73. The molecule has 0 unspecified atom stereocenters. The molecule has 2 amide bonds. The van der Waals surface area contributed by atoms with E-state index in [0.29, 0.717) is 24.0 Å². The average Bonchev–Trinajstić information content (AvgIpc) is 2.96. The molecule has 0 bridgehead atoms. The van der Waals surface area contributed by atoms with Crippen molar-refractivity contribution >= 4 is 23.0 Å². The molecular formula is C31H33FN4O5. The first kappa shape index (κ1) is 29.3. The highest BCUT2D eigenvalue weighted by molar-refractivity contribution is 6.01. The van der Waals surface area contributed by atoms with E-state index in [1.165, 1.54) is 21.6 Å². The van der Waals surface area contributed by atoms with Gasteiger partial charge in [0.25, 0.3) is 11.5 Å². The number of hydrogen-bond acceptors (Lipinski definition) is 6. The fourth-order valence-electron chi connectivity index (χ4n) is 4.26. The Morgan fingerprint density at radius 3 is 2.46 bits per heavy atom. The second-order valence-corrected chi connectivity index (χ2v) is 10.3. The number of carbonyl (C=O) groups is 2. The Balaban J connectivity index is 1.65. The Kier molecular flexibility index (Phi) is 9.34. The van der Waals surface area contributed by atoms with E-state index >= 15 is 0 Å². The van der Waals surface area contributed by atoms with Crippen LogP contribution in [0.3, 0.4) is 0 Å². The van der Waals surface area contributed by atoms with E-state index in [-0.39, 0.29) is 36.9 Å². The summed E-state index contributed by atoms with van der Waals surface area (Å²) in [5.41, 5.74) is 1.65. The standard InChI is InChI=1S/C31H33FN4O5/c1-20(2)17-34-29(38)26-28(37)27-25(16-23(18-33-27)15-21-9-11-24(32)12-10-21)36(30(26)39)14-13-35(3)31(40)41-19-22-7-5-4-6-8-22/h4-12,16,18,20,37H,13-15,17,19H2,1-3H3,(H,34,38). The number of amides is 2. The molecule has 0 atom stereocenters. The van der Waals surface area contributed by atoms with Crippen LogP contribution in [0.1, 0.15) is 40.9 Å². The number of fused-ring (bicyclic) bond motifs is 1. The number of rotatable bonds is 10. The molecule has 2 aromatic heterocycles. The first-order valence-corrected chi connectivity index (χ1v) is 13.3. The van der Waals surface area contributed by atoms with Gasteiger partial charge in [-0.2, -0.15) is 0 Å². The maximum atomic E-state index is 13.6. The Morgan fingerprint density at radius 1 is 1.07 bits per heavy atom. The van der Waals surface area contributed by atoms with Gasteiger partial charge in [0.2, 0.25) is 0 Å². The van der Waals surface area contributed by atoms with Crippen LogP contribution in [-0.4, -0.2) is 51.7 Å². The highest BCUT2D eigenvalue weighted by Gasteiger charge is 2.24. The average molecular weight is 561 g/mol. The molecule has 0 aliphatic rings. The zero-order valence-electron chi connectivity index (χ0n) is 23.3. The molecule has 0 aliphatic heterocycles. The van der Waals surface area contributed by atoms with Crippen LogP contribution in [0.5, 0.6) is 5.75 Å². The van der Waals surface area contributed by atoms with Crippen LogP contribution in [0.4, 0.5) is 9.18 Å². The molecule has 4 aromatic rings. The number of aromatic nitrogens is 2. The minimum atomic E-state index is -0.706. The summed E-state index contributed by atoms with van der Waals surface area (Å²) < 4.78 is 20.1. The van der Waals surface area contributed by atoms with Crippen LogP contribution in [0, 0.1) is 11.7 Å². The van der Waals surface area contributed by atoms with Gasteiger partial charge in [0.15, 0.2) is 5.75 Å². The van der Waals surface area contributed by atoms with Gasteiger partial charge in [-0.3, -0.25) is 14.6 Å². The van der Waals surface area contributed by atoms with Crippen molar-refractivity contribution in [2.24, 2.45) is 5.92 Å². The number of ether oxygens (including phenoxy) is 1. The van der Waals surface area contributed by atoms with Crippen molar-refractivity contribution in [1.82, 2.24) is 19.8 Å². The molecule has 0 spiro atoms. The van der Waals surface area contributed by atoms with Gasteiger partial charge in [-0.15, -0.1) is 0 Å². The summed E-state index contributed by atoms with van der Waals surface area (Å²) in [7, 11) is 1.55. The minimum Gasteiger partial charge on any atom is -0.505 e. The summed E-state index contributed by atoms with van der Waals surface area (Å²) in [4.78, 5) is 44.9. The van der Waals surface area contributed by atoms with Gasteiger partial charge in [-0.25, -0.2) is 9.18 Å². The lowest BCUT2D eigenvalue weighted by atomic mass is 10.1. The molecule has 0 fully saturated rings. The lowest BCUT2D eigenvalue weighted by Gasteiger charge is -2.20. The van der Waals surface area contributed by atoms with E-state index in [4.69, 9.17) is 4.74 Å². The van der Waals surface area contributed by atoms with E-state index in [0.717, 1.165) is 11.1 Å². The van der Waals surface area contributed by atoms with Gasteiger partial charge in [0.1, 0.15) is 23.5 Å². The predicted octanol–water partition coefficient (Wildman–Crippen LogP) is 4.49. The van der Waals surface area contributed by atoms with Crippen molar-refractivity contribution < 1.29 is 23.8 Å². The van der Waals surface area contributed by atoms with Crippen molar-refractivity contribution in [1.29, 1.82) is 0 Å². The Morgan fingerprint density at radius 2 is 1.78 bits per heavy atom. The third-order valence-electron chi connectivity index (χ3n) is 6.53. The number of hydrogen-bond donors (Lipinski definition) is 2. The fraction of sp³-hybridized carbons (Fsp3) is 0.290. The number of nitrogens with zero attached hydrogens (tertiary/aromatic N) is 3. The quantitative estimate of drug-likeness (QED) is 0.296. The smallest absolute Gasteiger partial charge is 0.409 e. The predicted molar refractivity (Wildman–Crippen MR) is 153 cm³/mol. The van der Waals surface area contributed by atoms with Crippen LogP contribution in [-0.2, 0) is 24.3 Å². The van der Waals surface area contributed by atoms with Crippen LogP contribution in [0.2, 0.25) is 0 Å². The summed E-state index contributed by atoms with van der Waals surface area (Å²) in [5.74, 6) is -1.43. The van der Waals surface area contributed by atoms with E-state index in [1.807, 2.05) is 44.2 Å². The maximum Gasteiger partial charge on any atom is 0.409 e. The Bertz CT molecular complexity index is 1590. The second kappa shape index (κ2) is 13.1. The number of halogens is 1. The number of benzene rings is 2. The van der Waals surface area contributed by atoms with Crippen molar-refractivity contribution in [2.45, 2.75) is 33.4 Å². The molecule has 0 radical (unpaired) electrons. The van der Waals surface area contributed by atoms with E-state index in [2.05, 4.69) is 10.3 Å². The fourth-order valence-corrected chi connectivity index (χ4v) is 4.26. The topological polar surface area (TPSA) is 114 Å². The van der Waals surface area contributed by atoms with Crippen molar-refractivity contribution in [3.8, 4) is 5.75 Å². The molecular weight excluding hydrogens is 527 g/mol. The zero-order chi connectivity index (χ0) is 29.5. The minimum absolute atomic E-state index is 0.0126. The summed E-state index contributed by atoms with van der Waals surface area (Å²) in [5, 5.41) is 13.7. The van der Waals surface area contributed by atoms with Gasteiger partial charge < -0.3 is 24.6 Å². The first-order chi connectivity index (χ1) is 19.6. The molecule has 41 heavy (non-hydrogen) atoms. The van der Waals surface area contributed by atoms with E-state index in [1.54, 1.807) is 31.4 Å². The monoisotopic (exact) mass is 560 g/mol. The second-order valence-electron chi connectivity index (χ2n) is 10.3. The molecule has 10 heteroatoms.